The average Bonchev–Trinajstić information content (AvgIpc) is 2.74. The van der Waals surface area contributed by atoms with Crippen LogP contribution in [0.25, 0.3) is 0 Å². The van der Waals surface area contributed by atoms with Crippen molar-refractivity contribution in [2.45, 2.75) is 38.6 Å². The summed E-state index contributed by atoms with van der Waals surface area (Å²) in [5.74, 6) is -0.621. The zero-order valence-corrected chi connectivity index (χ0v) is 12.4. The molecule has 1 heterocycles. The number of carbonyl (C=O) groups is 1. The number of aliphatic hydroxyl groups is 1. The minimum atomic E-state index is -0.418. The van der Waals surface area contributed by atoms with Crippen LogP contribution in [0.15, 0.2) is 18.2 Å². The molecule has 1 aromatic carbocycles. The lowest BCUT2D eigenvalue weighted by atomic mass is 10.1. The van der Waals surface area contributed by atoms with Gasteiger partial charge in [-0.15, -0.1) is 0 Å². The van der Waals surface area contributed by atoms with Crippen molar-refractivity contribution in [1.82, 2.24) is 4.90 Å². The quantitative estimate of drug-likeness (QED) is 0.897. The Labute approximate surface area is 125 Å². The van der Waals surface area contributed by atoms with Gasteiger partial charge in [-0.25, -0.2) is 4.39 Å². The molecule has 1 amide bonds. The van der Waals surface area contributed by atoms with Crippen LogP contribution >= 0.6 is 0 Å². The highest BCUT2D eigenvalue weighted by Crippen LogP contribution is 2.25. The van der Waals surface area contributed by atoms with E-state index in [1.807, 2.05) is 6.92 Å². The maximum absolute atomic E-state index is 13.9. The van der Waals surface area contributed by atoms with Crippen LogP contribution < -0.4 is 5.32 Å². The average molecular weight is 294 g/mol. The number of aliphatic hydroxyl groups excluding tert-OH is 1. The molecule has 116 valence electrons. The van der Waals surface area contributed by atoms with Crippen LogP contribution in [0.2, 0.25) is 0 Å². The number of likely N-dealkylation sites (tertiary alicyclic amines) is 1. The van der Waals surface area contributed by atoms with Crippen molar-refractivity contribution in [3.63, 3.8) is 0 Å². The Hall–Kier alpha value is -1.62. The predicted octanol–water partition coefficient (Wildman–Crippen LogP) is 2.63. The zero-order chi connectivity index (χ0) is 15.2. The molecule has 0 radical (unpaired) electrons. The maximum atomic E-state index is 13.9. The molecule has 0 aromatic heterocycles. The molecule has 1 aliphatic heterocycles. The molecule has 21 heavy (non-hydrogen) atoms. The molecule has 4 nitrogen and oxygen atoms in total. The second-order valence-corrected chi connectivity index (χ2v) is 5.38. The second-order valence-electron chi connectivity index (χ2n) is 5.38. The molecule has 0 spiro atoms. The highest BCUT2D eigenvalue weighted by molar-refractivity contribution is 6.00. The van der Waals surface area contributed by atoms with Crippen molar-refractivity contribution < 1.29 is 14.3 Å². The monoisotopic (exact) mass is 294 g/mol. The standard InChI is InChI=1S/C16H23FN2O2/c1-2-18-15-13(8-6-9-14(15)17)16(21)19-10-5-3-4-7-12(19)11-20/h6,8-9,12,18,20H,2-5,7,10-11H2,1H3. The van der Waals surface area contributed by atoms with E-state index in [2.05, 4.69) is 5.32 Å². The fourth-order valence-corrected chi connectivity index (χ4v) is 2.85. The summed E-state index contributed by atoms with van der Waals surface area (Å²) in [5, 5.41) is 12.5. The Balaban J connectivity index is 2.31. The molecule has 1 fully saturated rings. The van der Waals surface area contributed by atoms with Gasteiger partial charge in [0.15, 0.2) is 0 Å². The molecule has 2 rings (SSSR count). The third-order valence-corrected chi connectivity index (χ3v) is 3.95. The lowest BCUT2D eigenvalue weighted by Gasteiger charge is -2.29. The van der Waals surface area contributed by atoms with Crippen LogP contribution in [0.3, 0.4) is 0 Å². The normalized spacial score (nSPS) is 19.2. The largest absolute Gasteiger partial charge is 0.394 e. The summed E-state index contributed by atoms with van der Waals surface area (Å²) < 4.78 is 13.9. The summed E-state index contributed by atoms with van der Waals surface area (Å²) in [4.78, 5) is 14.5. The number of carbonyl (C=O) groups excluding carboxylic acids is 1. The highest BCUT2D eigenvalue weighted by atomic mass is 19.1. The summed E-state index contributed by atoms with van der Waals surface area (Å²) in [6.45, 7) is 2.98. The van der Waals surface area contributed by atoms with Gasteiger partial charge in [-0.2, -0.15) is 0 Å². The molecular formula is C16H23FN2O2. The third kappa shape index (κ3) is 3.53. The first-order valence-corrected chi connectivity index (χ1v) is 7.63. The summed E-state index contributed by atoms with van der Waals surface area (Å²) in [6.07, 6.45) is 3.80. The van der Waals surface area contributed by atoms with Gasteiger partial charge >= 0.3 is 0 Å². The van der Waals surface area contributed by atoms with E-state index in [1.54, 1.807) is 17.0 Å². The van der Waals surface area contributed by atoms with E-state index in [0.29, 0.717) is 18.7 Å². The summed E-state index contributed by atoms with van der Waals surface area (Å²) in [6, 6.07) is 4.37. The summed E-state index contributed by atoms with van der Waals surface area (Å²) in [5.41, 5.74) is 0.600. The predicted molar refractivity (Wildman–Crippen MR) is 80.9 cm³/mol. The van der Waals surface area contributed by atoms with E-state index in [0.717, 1.165) is 25.7 Å². The van der Waals surface area contributed by atoms with E-state index < -0.39 is 5.82 Å². The van der Waals surface area contributed by atoms with Crippen LogP contribution in [0, 0.1) is 5.82 Å². The number of benzene rings is 1. The van der Waals surface area contributed by atoms with Gasteiger partial charge in [0.2, 0.25) is 0 Å². The number of rotatable bonds is 4. The number of hydrogen-bond acceptors (Lipinski definition) is 3. The van der Waals surface area contributed by atoms with Crippen molar-refractivity contribution in [1.29, 1.82) is 0 Å². The topological polar surface area (TPSA) is 52.6 Å². The van der Waals surface area contributed by atoms with Crippen LogP contribution in [0.4, 0.5) is 10.1 Å². The molecule has 0 aliphatic carbocycles. The van der Waals surface area contributed by atoms with E-state index in [-0.39, 0.29) is 24.2 Å². The molecule has 1 saturated heterocycles. The van der Waals surface area contributed by atoms with Gasteiger partial charge in [0.25, 0.3) is 5.91 Å². The summed E-state index contributed by atoms with van der Waals surface area (Å²) >= 11 is 0. The van der Waals surface area contributed by atoms with E-state index in [9.17, 15) is 14.3 Å². The first kappa shape index (κ1) is 15.8. The molecular weight excluding hydrogens is 271 g/mol. The van der Waals surface area contributed by atoms with Crippen molar-refractivity contribution in [3.8, 4) is 0 Å². The Morgan fingerprint density at radius 3 is 2.95 bits per heavy atom. The van der Waals surface area contributed by atoms with Crippen LogP contribution in [-0.2, 0) is 0 Å². The van der Waals surface area contributed by atoms with Gasteiger partial charge in [0.05, 0.1) is 23.9 Å². The highest BCUT2D eigenvalue weighted by Gasteiger charge is 2.27. The molecule has 0 saturated carbocycles. The number of nitrogens with zero attached hydrogens (tertiary/aromatic N) is 1. The smallest absolute Gasteiger partial charge is 0.256 e. The first-order chi connectivity index (χ1) is 10.2. The number of hydrogen-bond donors (Lipinski definition) is 2. The minimum Gasteiger partial charge on any atom is -0.394 e. The van der Waals surface area contributed by atoms with Gasteiger partial charge in [0.1, 0.15) is 5.82 Å². The van der Waals surface area contributed by atoms with E-state index in [1.165, 1.54) is 6.07 Å². The van der Waals surface area contributed by atoms with Crippen LogP contribution in [0.1, 0.15) is 43.0 Å². The Morgan fingerprint density at radius 2 is 2.24 bits per heavy atom. The number of halogens is 1. The molecule has 0 bridgehead atoms. The van der Waals surface area contributed by atoms with E-state index >= 15 is 0 Å². The Morgan fingerprint density at radius 1 is 1.43 bits per heavy atom. The lowest BCUT2D eigenvalue weighted by Crippen LogP contribution is -2.42. The van der Waals surface area contributed by atoms with Gasteiger partial charge < -0.3 is 15.3 Å². The zero-order valence-electron chi connectivity index (χ0n) is 12.4. The van der Waals surface area contributed by atoms with E-state index in [4.69, 9.17) is 0 Å². The van der Waals surface area contributed by atoms with Crippen molar-refractivity contribution >= 4 is 11.6 Å². The van der Waals surface area contributed by atoms with Gasteiger partial charge in [-0.1, -0.05) is 18.9 Å². The van der Waals surface area contributed by atoms with Crippen molar-refractivity contribution in [2.24, 2.45) is 0 Å². The lowest BCUT2D eigenvalue weighted by molar-refractivity contribution is 0.0600. The number of para-hydroxylation sites is 1. The van der Waals surface area contributed by atoms with Gasteiger partial charge in [-0.05, 0) is 31.9 Å². The van der Waals surface area contributed by atoms with Gasteiger partial charge in [0, 0.05) is 13.1 Å². The van der Waals surface area contributed by atoms with Crippen molar-refractivity contribution in [3.05, 3.63) is 29.6 Å². The first-order valence-electron chi connectivity index (χ1n) is 7.63. The molecule has 1 aliphatic rings. The van der Waals surface area contributed by atoms with Crippen LogP contribution in [-0.4, -0.2) is 41.7 Å². The fraction of sp³-hybridized carbons (Fsp3) is 0.562. The molecule has 5 heteroatoms. The Bertz CT molecular complexity index is 493. The van der Waals surface area contributed by atoms with Crippen molar-refractivity contribution in [2.75, 3.05) is 25.0 Å². The fourth-order valence-electron chi connectivity index (χ4n) is 2.85. The number of nitrogens with one attached hydrogen (secondary N) is 1. The minimum absolute atomic E-state index is 0.0441. The SMILES string of the molecule is CCNc1c(F)cccc1C(=O)N1CCCCCC1CO. The Kier molecular flexibility index (Phi) is 5.56. The molecule has 1 unspecified atom stereocenters. The molecule has 1 aromatic rings. The summed E-state index contributed by atoms with van der Waals surface area (Å²) in [7, 11) is 0. The number of amides is 1. The second kappa shape index (κ2) is 7.41. The molecule has 2 N–H and O–H groups in total. The number of anilines is 1. The third-order valence-electron chi connectivity index (χ3n) is 3.95. The maximum Gasteiger partial charge on any atom is 0.256 e. The molecule has 1 atom stereocenters. The van der Waals surface area contributed by atoms with Crippen LogP contribution in [0.5, 0.6) is 0 Å². The van der Waals surface area contributed by atoms with Gasteiger partial charge in [-0.3, -0.25) is 4.79 Å².